The Labute approximate surface area is 124 Å². The van der Waals surface area contributed by atoms with E-state index >= 15 is 0 Å². The highest BCUT2D eigenvalue weighted by Crippen LogP contribution is 2.18. The van der Waals surface area contributed by atoms with Gasteiger partial charge in [0.05, 0.1) is 0 Å². The largest absolute Gasteiger partial charge is 0.370 e. The van der Waals surface area contributed by atoms with Crippen LogP contribution in [0.5, 0.6) is 0 Å². The van der Waals surface area contributed by atoms with Crippen molar-refractivity contribution in [2.75, 3.05) is 23.7 Å². The van der Waals surface area contributed by atoms with Gasteiger partial charge >= 0.3 is 0 Å². The van der Waals surface area contributed by atoms with Crippen LogP contribution in [0.2, 0.25) is 0 Å². The van der Waals surface area contributed by atoms with Crippen LogP contribution >= 0.6 is 0 Å². The van der Waals surface area contributed by atoms with E-state index in [2.05, 4.69) is 27.5 Å². The molecule has 0 saturated heterocycles. The minimum absolute atomic E-state index is 0.163. The SMILES string of the molecule is CCCNc1ncnc(NCCc2ccccc2F)c1C. The van der Waals surface area contributed by atoms with E-state index in [9.17, 15) is 4.39 Å². The lowest BCUT2D eigenvalue weighted by Gasteiger charge is -2.12. The summed E-state index contributed by atoms with van der Waals surface area (Å²) in [6.45, 7) is 5.60. The normalized spacial score (nSPS) is 10.4. The van der Waals surface area contributed by atoms with Gasteiger partial charge in [0.15, 0.2) is 0 Å². The highest BCUT2D eigenvalue weighted by atomic mass is 19.1. The van der Waals surface area contributed by atoms with E-state index in [-0.39, 0.29) is 5.82 Å². The second-order valence-corrected chi connectivity index (χ2v) is 4.89. The minimum Gasteiger partial charge on any atom is -0.370 e. The average Bonchev–Trinajstić information content (AvgIpc) is 2.49. The molecule has 0 fully saturated rings. The van der Waals surface area contributed by atoms with Crippen molar-refractivity contribution in [3.05, 3.63) is 47.5 Å². The standard InChI is InChI=1S/C16H21FN4/c1-3-9-18-15-12(2)16(21-11-20-15)19-10-8-13-6-4-5-7-14(13)17/h4-7,11H,3,8-10H2,1-2H3,(H2,18,19,20,21). The molecule has 0 radical (unpaired) electrons. The molecule has 112 valence electrons. The molecular formula is C16H21FN4. The van der Waals surface area contributed by atoms with E-state index in [0.29, 0.717) is 18.5 Å². The Morgan fingerprint density at radius 3 is 2.38 bits per heavy atom. The van der Waals surface area contributed by atoms with E-state index in [0.717, 1.165) is 30.2 Å². The Morgan fingerprint density at radius 1 is 1.05 bits per heavy atom. The van der Waals surface area contributed by atoms with E-state index in [4.69, 9.17) is 0 Å². The van der Waals surface area contributed by atoms with E-state index in [1.807, 2.05) is 13.0 Å². The second-order valence-electron chi connectivity index (χ2n) is 4.89. The van der Waals surface area contributed by atoms with Gasteiger partial charge in [0.2, 0.25) is 0 Å². The maximum atomic E-state index is 13.5. The zero-order chi connectivity index (χ0) is 15.1. The maximum absolute atomic E-state index is 13.5. The highest BCUT2D eigenvalue weighted by molar-refractivity contribution is 5.56. The zero-order valence-corrected chi connectivity index (χ0v) is 12.5. The molecule has 0 bridgehead atoms. The van der Waals surface area contributed by atoms with Crippen LogP contribution in [-0.2, 0) is 6.42 Å². The lowest BCUT2D eigenvalue weighted by molar-refractivity contribution is 0.610. The third-order valence-electron chi connectivity index (χ3n) is 3.27. The molecule has 21 heavy (non-hydrogen) atoms. The molecule has 5 heteroatoms. The molecule has 0 amide bonds. The number of hydrogen-bond acceptors (Lipinski definition) is 4. The van der Waals surface area contributed by atoms with Crippen molar-refractivity contribution < 1.29 is 4.39 Å². The Kier molecular flexibility index (Phi) is 5.49. The number of halogens is 1. The van der Waals surface area contributed by atoms with Crippen molar-refractivity contribution in [1.82, 2.24) is 9.97 Å². The van der Waals surface area contributed by atoms with Crippen LogP contribution in [0.1, 0.15) is 24.5 Å². The molecule has 0 aliphatic heterocycles. The molecule has 0 atom stereocenters. The molecule has 0 saturated carbocycles. The summed E-state index contributed by atoms with van der Waals surface area (Å²) in [5.74, 6) is 1.48. The van der Waals surface area contributed by atoms with E-state index in [1.54, 1.807) is 12.1 Å². The first-order valence-electron chi connectivity index (χ1n) is 7.25. The summed E-state index contributed by atoms with van der Waals surface area (Å²) in [6.07, 6.45) is 3.20. The molecule has 4 nitrogen and oxygen atoms in total. The van der Waals surface area contributed by atoms with Crippen LogP contribution in [0.15, 0.2) is 30.6 Å². The number of nitrogens with zero attached hydrogens (tertiary/aromatic N) is 2. The zero-order valence-electron chi connectivity index (χ0n) is 12.5. The van der Waals surface area contributed by atoms with Crippen molar-refractivity contribution in [1.29, 1.82) is 0 Å². The summed E-state index contributed by atoms with van der Waals surface area (Å²) >= 11 is 0. The summed E-state index contributed by atoms with van der Waals surface area (Å²) in [4.78, 5) is 8.48. The van der Waals surface area contributed by atoms with Gasteiger partial charge in [-0.1, -0.05) is 25.1 Å². The number of anilines is 2. The van der Waals surface area contributed by atoms with E-state index < -0.39 is 0 Å². The van der Waals surface area contributed by atoms with Crippen LogP contribution in [0, 0.1) is 12.7 Å². The first kappa shape index (κ1) is 15.2. The lowest BCUT2D eigenvalue weighted by atomic mass is 10.1. The topological polar surface area (TPSA) is 49.8 Å². The first-order valence-corrected chi connectivity index (χ1v) is 7.25. The van der Waals surface area contributed by atoms with Crippen LogP contribution in [-0.4, -0.2) is 23.1 Å². The predicted molar refractivity (Wildman–Crippen MR) is 84.1 cm³/mol. The molecule has 0 aliphatic rings. The molecular weight excluding hydrogens is 267 g/mol. The van der Waals surface area contributed by atoms with Crippen LogP contribution < -0.4 is 10.6 Å². The van der Waals surface area contributed by atoms with Crippen molar-refractivity contribution in [2.45, 2.75) is 26.7 Å². The van der Waals surface area contributed by atoms with Crippen molar-refractivity contribution in [2.24, 2.45) is 0 Å². The van der Waals surface area contributed by atoms with Crippen LogP contribution in [0.25, 0.3) is 0 Å². The first-order chi connectivity index (χ1) is 10.2. The average molecular weight is 288 g/mol. The summed E-state index contributed by atoms with van der Waals surface area (Å²) in [5.41, 5.74) is 1.69. The Hall–Kier alpha value is -2.17. The molecule has 1 heterocycles. The van der Waals surface area contributed by atoms with Crippen molar-refractivity contribution >= 4 is 11.6 Å². The fourth-order valence-corrected chi connectivity index (χ4v) is 2.07. The Morgan fingerprint density at radius 2 is 1.71 bits per heavy atom. The van der Waals surface area contributed by atoms with Gasteiger partial charge < -0.3 is 10.6 Å². The van der Waals surface area contributed by atoms with Gasteiger partial charge in [-0.15, -0.1) is 0 Å². The number of nitrogens with one attached hydrogen (secondary N) is 2. The predicted octanol–water partition coefficient (Wildman–Crippen LogP) is 3.40. The van der Waals surface area contributed by atoms with Gasteiger partial charge in [0, 0.05) is 18.7 Å². The van der Waals surface area contributed by atoms with Gasteiger partial charge in [-0.3, -0.25) is 0 Å². The number of rotatable bonds is 7. The molecule has 0 spiro atoms. The number of aromatic nitrogens is 2. The maximum Gasteiger partial charge on any atom is 0.134 e. The molecule has 2 N–H and O–H groups in total. The van der Waals surface area contributed by atoms with Crippen molar-refractivity contribution in [3.8, 4) is 0 Å². The third-order valence-corrected chi connectivity index (χ3v) is 3.27. The summed E-state index contributed by atoms with van der Waals surface area (Å²) in [7, 11) is 0. The minimum atomic E-state index is -0.163. The molecule has 0 unspecified atom stereocenters. The summed E-state index contributed by atoms with van der Waals surface area (Å²) in [5, 5.41) is 6.52. The fourth-order valence-electron chi connectivity index (χ4n) is 2.07. The molecule has 1 aromatic heterocycles. The Balaban J connectivity index is 1.95. The highest BCUT2D eigenvalue weighted by Gasteiger charge is 2.06. The van der Waals surface area contributed by atoms with Crippen LogP contribution in [0.3, 0.4) is 0 Å². The van der Waals surface area contributed by atoms with Crippen LogP contribution in [0.4, 0.5) is 16.0 Å². The Bertz CT molecular complexity index is 586. The van der Waals surface area contributed by atoms with Gasteiger partial charge in [0.1, 0.15) is 23.8 Å². The van der Waals surface area contributed by atoms with Gasteiger partial charge in [-0.05, 0) is 31.4 Å². The molecule has 1 aromatic carbocycles. The smallest absolute Gasteiger partial charge is 0.134 e. The van der Waals surface area contributed by atoms with Gasteiger partial charge in [-0.2, -0.15) is 0 Å². The van der Waals surface area contributed by atoms with E-state index in [1.165, 1.54) is 12.4 Å². The van der Waals surface area contributed by atoms with Gasteiger partial charge in [0.25, 0.3) is 0 Å². The third kappa shape index (κ3) is 4.15. The number of hydrogen-bond donors (Lipinski definition) is 2. The molecule has 2 rings (SSSR count). The lowest BCUT2D eigenvalue weighted by Crippen LogP contribution is -2.11. The fraction of sp³-hybridized carbons (Fsp3) is 0.375. The molecule has 2 aromatic rings. The second kappa shape index (κ2) is 7.57. The monoisotopic (exact) mass is 288 g/mol. The molecule has 0 aliphatic carbocycles. The summed E-state index contributed by atoms with van der Waals surface area (Å²) < 4.78 is 13.5. The quantitative estimate of drug-likeness (QED) is 0.820. The summed E-state index contributed by atoms with van der Waals surface area (Å²) in [6, 6.07) is 6.84. The van der Waals surface area contributed by atoms with Crippen molar-refractivity contribution in [3.63, 3.8) is 0 Å². The number of benzene rings is 1. The van der Waals surface area contributed by atoms with Gasteiger partial charge in [-0.25, -0.2) is 14.4 Å².